The highest BCUT2D eigenvalue weighted by Gasteiger charge is 2.18. The fourth-order valence-electron chi connectivity index (χ4n) is 2.58. The molecular formula is C14H30N2O. The van der Waals surface area contributed by atoms with Crippen LogP contribution in [0.15, 0.2) is 0 Å². The van der Waals surface area contributed by atoms with Crippen LogP contribution in [0.25, 0.3) is 0 Å². The van der Waals surface area contributed by atoms with E-state index >= 15 is 0 Å². The molecule has 1 fully saturated rings. The van der Waals surface area contributed by atoms with Gasteiger partial charge in [0.2, 0.25) is 0 Å². The molecule has 0 saturated carbocycles. The highest BCUT2D eigenvalue weighted by molar-refractivity contribution is 4.77. The second-order valence-corrected chi connectivity index (χ2v) is 5.61. The molecule has 3 nitrogen and oxygen atoms in total. The zero-order chi connectivity index (χ0) is 12.7. The number of rotatable bonds is 6. The lowest BCUT2D eigenvalue weighted by Gasteiger charge is -2.24. The summed E-state index contributed by atoms with van der Waals surface area (Å²) < 4.78 is 0. The SMILES string of the molecule is CCCC(O)CNC1CCCN(C(C)C)CC1. The molecule has 0 radical (unpaired) electrons. The molecule has 1 saturated heterocycles. The Bertz CT molecular complexity index is 197. The second kappa shape index (κ2) is 8.06. The van der Waals surface area contributed by atoms with Crippen LogP contribution in [0.4, 0.5) is 0 Å². The molecule has 1 aliphatic rings. The third kappa shape index (κ3) is 5.84. The maximum absolute atomic E-state index is 9.72. The van der Waals surface area contributed by atoms with Crippen molar-refractivity contribution >= 4 is 0 Å². The first-order valence-corrected chi connectivity index (χ1v) is 7.29. The molecule has 2 unspecified atom stereocenters. The van der Waals surface area contributed by atoms with Crippen molar-refractivity contribution < 1.29 is 5.11 Å². The van der Waals surface area contributed by atoms with E-state index in [9.17, 15) is 5.11 Å². The van der Waals surface area contributed by atoms with E-state index in [4.69, 9.17) is 0 Å². The first-order valence-electron chi connectivity index (χ1n) is 7.29. The van der Waals surface area contributed by atoms with Crippen LogP contribution < -0.4 is 5.32 Å². The number of aliphatic hydroxyl groups excluding tert-OH is 1. The lowest BCUT2D eigenvalue weighted by Crippen LogP contribution is -2.37. The molecule has 2 N–H and O–H groups in total. The van der Waals surface area contributed by atoms with Crippen LogP contribution in [0.1, 0.15) is 52.9 Å². The van der Waals surface area contributed by atoms with Gasteiger partial charge in [0.1, 0.15) is 0 Å². The third-order valence-corrected chi connectivity index (χ3v) is 3.76. The Kier molecular flexibility index (Phi) is 7.09. The van der Waals surface area contributed by atoms with E-state index in [1.807, 2.05) is 0 Å². The largest absolute Gasteiger partial charge is 0.392 e. The summed E-state index contributed by atoms with van der Waals surface area (Å²) in [5.41, 5.74) is 0. The van der Waals surface area contributed by atoms with Crippen LogP contribution in [0.5, 0.6) is 0 Å². The Labute approximate surface area is 107 Å². The Morgan fingerprint density at radius 1 is 1.29 bits per heavy atom. The topological polar surface area (TPSA) is 35.5 Å². The summed E-state index contributed by atoms with van der Waals surface area (Å²) in [4.78, 5) is 2.56. The summed E-state index contributed by atoms with van der Waals surface area (Å²) >= 11 is 0. The molecule has 1 rings (SSSR count). The van der Waals surface area contributed by atoms with Gasteiger partial charge in [-0.2, -0.15) is 0 Å². The van der Waals surface area contributed by atoms with Gasteiger partial charge in [0.05, 0.1) is 6.10 Å². The van der Waals surface area contributed by atoms with Crippen molar-refractivity contribution in [1.82, 2.24) is 10.2 Å². The summed E-state index contributed by atoms with van der Waals surface area (Å²) in [6.07, 6.45) is 5.56. The lowest BCUT2D eigenvalue weighted by atomic mass is 10.1. The number of likely N-dealkylation sites (tertiary alicyclic amines) is 1. The van der Waals surface area contributed by atoms with Gasteiger partial charge in [-0.1, -0.05) is 13.3 Å². The summed E-state index contributed by atoms with van der Waals surface area (Å²) in [6.45, 7) is 9.86. The van der Waals surface area contributed by atoms with Crippen molar-refractivity contribution in [3.8, 4) is 0 Å². The van der Waals surface area contributed by atoms with E-state index in [-0.39, 0.29) is 6.10 Å². The van der Waals surface area contributed by atoms with Crippen molar-refractivity contribution in [2.45, 2.75) is 71.1 Å². The molecule has 0 aromatic carbocycles. The van der Waals surface area contributed by atoms with Gasteiger partial charge in [0, 0.05) is 18.6 Å². The Hall–Kier alpha value is -0.120. The zero-order valence-corrected chi connectivity index (χ0v) is 11.8. The molecule has 1 heterocycles. The highest BCUT2D eigenvalue weighted by atomic mass is 16.3. The van der Waals surface area contributed by atoms with Gasteiger partial charge in [0.15, 0.2) is 0 Å². The molecule has 1 aliphatic heterocycles. The van der Waals surface area contributed by atoms with Crippen LogP contribution in [-0.4, -0.2) is 47.8 Å². The van der Waals surface area contributed by atoms with E-state index in [0.717, 1.165) is 19.4 Å². The minimum atomic E-state index is -0.163. The first kappa shape index (κ1) is 14.9. The lowest BCUT2D eigenvalue weighted by molar-refractivity contribution is 0.154. The molecule has 0 aromatic heterocycles. The molecule has 0 aromatic rings. The summed E-state index contributed by atoms with van der Waals surface area (Å²) in [6, 6.07) is 1.27. The third-order valence-electron chi connectivity index (χ3n) is 3.76. The van der Waals surface area contributed by atoms with Crippen LogP contribution in [0, 0.1) is 0 Å². The number of nitrogens with one attached hydrogen (secondary N) is 1. The Morgan fingerprint density at radius 3 is 2.71 bits per heavy atom. The van der Waals surface area contributed by atoms with Crippen LogP contribution in [0.3, 0.4) is 0 Å². The van der Waals surface area contributed by atoms with Crippen molar-refractivity contribution in [3.63, 3.8) is 0 Å². The van der Waals surface area contributed by atoms with Gasteiger partial charge in [-0.25, -0.2) is 0 Å². The van der Waals surface area contributed by atoms with E-state index in [0.29, 0.717) is 12.1 Å². The average Bonchev–Trinajstić information content (AvgIpc) is 2.52. The summed E-state index contributed by atoms with van der Waals surface area (Å²) in [5.74, 6) is 0. The van der Waals surface area contributed by atoms with Crippen molar-refractivity contribution in [1.29, 1.82) is 0 Å². The van der Waals surface area contributed by atoms with Crippen molar-refractivity contribution in [3.05, 3.63) is 0 Å². The molecule has 0 bridgehead atoms. The fraction of sp³-hybridized carbons (Fsp3) is 1.00. The van der Waals surface area contributed by atoms with Crippen molar-refractivity contribution in [2.75, 3.05) is 19.6 Å². The van der Waals surface area contributed by atoms with Crippen LogP contribution in [0.2, 0.25) is 0 Å². The van der Waals surface area contributed by atoms with Gasteiger partial charge < -0.3 is 15.3 Å². The Morgan fingerprint density at radius 2 is 2.06 bits per heavy atom. The summed E-state index contributed by atoms with van der Waals surface area (Å²) in [7, 11) is 0. The zero-order valence-electron chi connectivity index (χ0n) is 11.8. The molecule has 17 heavy (non-hydrogen) atoms. The molecule has 2 atom stereocenters. The normalized spacial score (nSPS) is 24.9. The molecular weight excluding hydrogens is 212 g/mol. The number of aliphatic hydroxyl groups is 1. The van der Waals surface area contributed by atoms with Crippen molar-refractivity contribution in [2.24, 2.45) is 0 Å². The summed E-state index contributed by atoms with van der Waals surface area (Å²) in [5, 5.41) is 13.2. The van der Waals surface area contributed by atoms with Gasteiger partial charge in [-0.15, -0.1) is 0 Å². The average molecular weight is 242 g/mol. The van der Waals surface area contributed by atoms with Crippen LogP contribution >= 0.6 is 0 Å². The smallest absolute Gasteiger partial charge is 0.0664 e. The maximum atomic E-state index is 9.72. The molecule has 0 amide bonds. The predicted molar refractivity (Wildman–Crippen MR) is 73.3 cm³/mol. The number of hydrogen-bond acceptors (Lipinski definition) is 3. The van der Waals surface area contributed by atoms with Gasteiger partial charge in [-0.3, -0.25) is 0 Å². The molecule has 0 aliphatic carbocycles. The van der Waals surface area contributed by atoms with Gasteiger partial charge in [0.25, 0.3) is 0 Å². The minimum absolute atomic E-state index is 0.163. The molecule has 0 spiro atoms. The Balaban J connectivity index is 2.22. The number of nitrogens with zero attached hydrogens (tertiary/aromatic N) is 1. The quantitative estimate of drug-likeness (QED) is 0.748. The van der Waals surface area contributed by atoms with E-state index < -0.39 is 0 Å². The van der Waals surface area contributed by atoms with Gasteiger partial charge in [-0.05, 0) is 52.6 Å². The van der Waals surface area contributed by atoms with Gasteiger partial charge >= 0.3 is 0 Å². The first-order chi connectivity index (χ1) is 8.13. The van der Waals surface area contributed by atoms with Crippen LogP contribution in [-0.2, 0) is 0 Å². The second-order valence-electron chi connectivity index (χ2n) is 5.61. The standard InChI is InChI=1S/C14H30N2O/c1-4-6-14(17)11-15-13-7-5-9-16(10-8-13)12(2)3/h12-15,17H,4-11H2,1-3H3. The highest BCUT2D eigenvalue weighted by Crippen LogP contribution is 2.13. The van der Waals surface area contributed by atoms with E-state index in [2.05, 4.69) is 31.0 Å². The monoisotopic (exact) mass is 242 g/mol. The fourth-order valence-corrected chi connectivity index (χ4v) is 2.58. The maximum Gasteiger partial charge on any atom is 0.0664 e. The molecule has 102 valence electrons. The van der Waals surface area contributed by atoms with E-state index in [1.54, 1.807) is 0 Å². The van der Waals surface area contributed by atoms with E-state index in [1.165, 1.54) is 32.4 Å². The predicted octanol–water partition coefficient (Wildman–Crippen LogP) is 2.00. The number of hydrogen-bond donors (Lipinski definition) is 2. The minimum Gasteiger partial charge on any atom is -0.392 e. The molecule has 3 heteroatoms.